The number of hydrogen-bond acceptors (Lipinski definition) is 7. The predicted octanol–water partition coefficient (Wildman–Crippen LogP) is 5.08. The van der Waals surface area contributed by atoms with E-state index in [2.05, 4.69) is 0 Å². The highest BCUT2D eigenvalue weighted by Crippen LogP contribution is 2.50. The highest BCUT2D eigenvalue weighted by Gasteiger charge is 2.26. The first-order chi connectivity index (χ1) is 16.5. The van der Waals surface area contributed by atoms with Crippen LogP contribution in [0.3, 0.4) is 0 Å². The van der Waals surface area contributed by atoms with Gasteiger partial charge in [-0.1, -0.05) is 36.4 Å². The summed E-state index contributed by atoms with van der Waals surface area (Å²) in [6.07, 6.45) is 0.461. The van der Waals surface area contributed by atoms with Gasteiger partial charge in [-0.25, -0.2) is 4.79 Å². The highest BCUT2D eigenvalue weighted by atomic mass is 16.5. The second-order valence-electron chi connectivity index (χ2n) is 7.45. The summed E-state index contributed by atoms with van der Waals surface area (Å²) < 4.78 is 33.4. The van der Waals surface area contributed by atoms with Crippen LogP contribution in [0.5, 0.6) is 28.7 Å². The quantitative estimate of drug-likeness (QED) is 0.407. The van der Waals surface area contributed by atoms with Gasteiger partial charge in [0.15, 0.2) is 11.5 Å². The molecular weight excluding hydrogens is 436 g/mol. The van der Waals surface area contributed by atoms with Gasteiger partial charge in [-0.05, 0) is 24.1 Å². The SMILES string of the molecule is COC(=O)c1ccccc1-c1cccc(Cc2c(C)c(OC)c(OC)c(OC)c2OC)c1OC. The predicted molar refractivity (Wildman–Crippen MR) is 130 cm³/mol. The fourth-order valence-electron chi connectivity index (χ4n) is 4.24. The van der Waals surface area contributed by atoms with Crippen LogP contribution >= 0.6 is 0 Å². The fraction of sp³-hybridized carbons (Fsp3) is 0.296. The standard InChI is InChI=1S/C27H30O7/c1-16-21(24(31-4)26(33-6)25(32-5)22(16)29-2)15-17-11-10-14-19(23(17)30-3)18-12-8-9-13-20(18)27(28)34-7/h8-14H,15H2,1-7H3. The molecule has 3 aromatic rings. The number of ether oxygens (including phenoxy) is 6. The Hall–Kier alpha value is -3.87. The van der Waals surface area contributed by atoms with Crippen LogP contribution in [0.4, 0.5) is 0 Å². The third-order valence-corrected chi connectivity index (χ3v) is 5.79. The molecule has 0 atom stereocenters. The molecule has 0 fully saturated rings. The number of rotatable bonds is 9. The first kappa shape index (κ1) is 24.8. The van der Waals surface area contributed by atoms with Gasteiger partial charge in [0.05, 0.1) is 48.2 Å². The molecule has 0 aromatic heterocycles. The van der Waals surface area contributed by atoms with E-state index in [4.69, 9.17) is 28.4 Å². The van der Waals surface area contributed by atoms with Crippen molar-refractivity contribution in [3.05, 3.63) is 64.7 Å². The molecule has 180 valence electrons. The number of para-hydroxylation sites is 1. The van der Waals surface area contributed by atoms with Crippen LogP contribution in [0.2, 0.25) is 0 Å². The minimum atomic E-state index is -0.412. The van der Waals surface area contributed by atoms with E-state index in [0.29, 0.717) is 40.7 Å². The molecule has 34 heavy (non-hydrogen) atoms. The van der Waals surface area contributed by atoms with E-state index in [1.165, 1.54) is 7.11 Å². The normalized spacial score (nSPS) is 10.4. The molecule has 0 amide bonds. The summed E-state index contributed by atoms with van der Waals surface area (Å²) in [5.41, 5.74) is 4.59. The lowest BCUT2D eigenvalue weighted by Gasteiger charge is -2.22. The molecule has 0 N–H and O–H groups in total. The molecule has 7 nitrogen and oxygen atoms in total. The summed E-state index contributed by atoms with van der Waals surface area (Å²) in [7, 11) is 9.28. The van der Waals surface area contributed by atoms with Gasteiger partial charge in [0.2, 0.25) is 11.5 Å². The number of benzene rings is 3. The molecule has 0 bridgehead atoms. The number of carbonyl (C=O) groups is 1. The zero-order valence-electron chi connectivity index (χ0n) is 20.6. The van der Waals surface area contributed by atoms with E-state index in [9.17, 15) is 4.79 Å². The lowest BCUT2D eigenvalue weighted by Crippen LogP contribution is -2.07. The van der Waals surface area contributed by atoms with Gasteiger partial charge in [0.25, 0.3) is 0 Å². The number of carbonyl (C=O) groups excluding carboxylic acids is 1. The van der Waals surface area contributed by atoms with Crippen molar-refractivity contribution < 1.29 is 33.2 Å². The van der Waals surface area contributed by atoms with E-state index >= 15 is 0 Å². The molecule has 0 heterocycles. The molecular formula is C27H30O7. The van der Waals surface area contributed by atoms with Gasteiger partial charge < -0.3 is 28.4 Å². The van der Waals surface area contributed by atoms with Crippen molar-refractivity contribution in [3.63, 3.8) is 0 Å². The van der Waals surface area contributed by atoms with E-state index in [-0.39, 0.29) is 0 Å². The van der Waals surface area contributed by atoms with Crippen molar-refractivity contribution in [2.75, 3.05) is 42.7 Å². The van der Waals surface area contributed by atoms with Crippen LogP contribution in [-0.2, 0) is 11.2 Å². The van der Waals surface area contributed by atoms with Crippen molar-refractivity contribution in [2.24, 2.45) is 0 Å². The van der Waals surface area contributed by atoms with Gasteiger partial charge in [0.1, 0.15) is 5.75 Å². The third kappa shape index (κ3) is 4.33. The first-order valence-electron chi connectivity index (χ1n) is 10.7. The molecule has 0 aliphatic heterocycles. The monoisotopic (exact) mass is 466 g/mol. The van der Waals surface area contributed by atoms with Crippen LogP contribution < -0.4 is 23.7 Å². The topological polar surface area (TPSA) is 72.5 Å². The second-order valence-corrected chi connectivity index (χ2v) is 7.45. The Balaban J connectivity index is 2.23. The minimum absolute atomic E-state index is 0.412. The van der Waals surface area contributed by atoms with Gasteiger partial charge in [-0.15, -0.1) is 0 Å². The van der Waals surface area contributed by atoms with Crippen molar-refractivity contribution in [3.8, 4) is 39.9 Å². The zero-order chi connectivity index (χ0) is 24.8. The van der Waals surface area contributed by atoms with Crippen LogP contribution in [0.15, 0.2) is 42.5 Å². The molecule has 3 rings (SSSR count). The van der Waals surface area contributed by atoms with Crippen molar-refractivity contribution in [1.29, 1.82) is 0 Å². The Labute approximate surface area is 200 Å². The summed E-state index contributed by atoms with van der Waals surface area (Å²) >= 11 is 0. The summed E-state index contributed by atoms with van der Waals surface area (Å²) in [6, 6.07) is 13.1. The second kappa shape index (κ2) is 10.8. The maximum absolute atomic E-state index is 12.4. The molecule has 0 radical (unpaired) electrons. The lowest BCUT2D eigenvalue weighted by atomic mass is 9.92. The lowest BCUT2D eigenvalue weighted by molar-refractivity contribution is 0.0601. The van der Waals surface area contributed by atoms with Gasteiger partial charge in [-0.2, -0.15) is 0 Å². The summed E-state index contributed by atoms with van der Waals surface area (Å²) in [4.78, 5) is 12.4. The molecule has 0 spiro atoms. The molecule has 0 saturated carbocycles. The maximum atomic E-state index is 12.4. The van der Waals surface area contributed by atoms with E-state index in [0.717, 1.165) is 27.8 Å². The Kier molecular flexibility index (Phi) is 7.89. The largest absolute Gasteiger partial charge is 0.496 e. The zero-order valence-corrected chi connectivity index (χ0v) is 20.6. The minimum Gasteiger partial charge on any atom is -0.496 e. The average molecular weight is 467 g/mol. The molecule has 0 saturated heterocycles. The summed E-state index contributed by atoms with van der Waals surface area (Å²) in [5, 5.41) is 0. The van der Waals surface area contributed by atoms with Crippen LogP contribution in [0.1, 0.15) is 27.0 Å². The maximum Gasteiger partial charge on any atom is 0.338 e. The van der Waals surface area contributed by atoms with Crippen molar-refractivity contribution in [2.45, 2.75) is 13.3 Å². The first-order valence-corrected chi connectivity index (χ1v) is 10.7. The van der Waals surface area contributed by atoms with Crippen LogP contribution in [0, 0.1) is 6.92 Å². The van der Waals surface area contributed by atoms with Crippen molar-refractivity contribution in [1.82, 2.24) is 0 Å². The van der Waals surface area contributed by atoms with E-state index in [1.54, 1.807) is 47.7 Å². The van der Waals surface area contributed by atoms with E-state index in [1.807, 2.05) is 37.3 Å². The molecule has 0 aliphatic rings. The Bertz CT molecular complexity index is 1180. The number of hydrogen-bond donors (Lipinski definition) is 0. The fourth-order valence-corrected chi connectivity index (χ4v) is 4.24. The van der Waals surface area contributed by atoms with Gasteiger partial charge in [-0.3, -0.25) is 0 Å². The molecule has 3 aromatic carbocycles. The Morgan fingerprint density at radius 3 is 1.79 bits per heavy atom. The van der Waals surface area contributed by atoms with Crippen LogP contribution in [0.25, 0.3) is 11.1 Å². The number of esters is 1. The molecule has 0 unspecified atom stereocenters. The van der Waals surface area contributed by atoms with Crippen LogP contribution in [-0.4, -0.2) is 48.6 Å². The molecule has 7 heteroatoms. The van der Waals surface area contributed by atoms with E-state index < -0.39 is 5.97 Å². The van der Waals surface area contributed by atoms with Gasteiger partial charge in [0, 0.05) is 23.1 Å². The Morgan fingerprint density at radius 2 is 1.21 bits per heavy atom. The summed E-state index contributed by atoms with van der Waals surface area (Å²) in [5.74, 6) is 2.28. The average Bonchev–Trinajstić information content (AvgIpc) is 2.88. The number of methoxy groups -OCH3 is 6. The molecule has 0 aliphatic carbocycles. The Morgan fingerprint density at radius 1 is 0.647 bits per heavy atom. The third-order valence-electron chi connectivity index (χ3n) is 5.79. The van der Waals surface area contributed by atoms with Crippen molar-refractivity contribution >= 4 is 5.97 Å². The smallest absolute Gasteiger partial charge is 0.338 e. The summed E-state index contributed by atoms with van der Waals surface area (Å²) in [6.45, 7) is 1.95. The van der Waals surface area contributed by atoms with Gasteiger partial charge >= 0.3 is 5.97 Å². The highest BCUT2D eigenvalue weighted by molar-refractivity contribution is 5.98.